The first-order chi connectivity index (χ1) is 6.57. The predicted octanol–water partition coefficient (Wildman–Crippen LogP) is 3.49. The fourth-order valence-corrected chi connectivity index (χ4v) is 3.14. The zero-order valence-corrected chi connectivity index (χ0v) is 9.31. The van der Waals surface area contributed by atoms with E-state index in [1.54, 1.807) is 0 Å². The van der Waals surface area contributed by atoms with Gasteiger partial charge in [0.05, 0.1) is 0 Å². The lowest BCUT2D eigenvalue weighted by Crippen LogP contribution is -2.44. The molecule has 2 aliphatic rings. The third-order valence-corrected chi connectivity index (χ3v) is 4.02. The second kappa shape index (κ2) is 3.22. The lowest BCUT2D eigenvalue weighted by molar-refractivity contribution is -0.142. The standard InChI is InChI=1S/C13H20O/c1-12(2)7-6-10-13(11(12)14)8-4-3-5-9-13/h3-4H,5-10H2,1-2H3. The molecule has 0 radical (unpaired) electrons. The average Bonchev–Trinajstić information content (AvgIpc) is 2.16. The zero-order chi connectivity index (χ0) is 10.2. The van der Waals surface area contributed by atoms with Gasteiger partial charge in [0.1, 0.15) is 5.78 Å². The smallest absolute Gasteiger partial charge is 0.144 e. The van der Waals surface area contributed by atoms with E-state index in [0.717, 1.165) is 32.1 Å². The minimum absolute atomic E-state index is 0.0243. The molecule has 2 aliphatic carbocycles. The normalized spacial score (nSPS) is 36.3. The van der Waals surface area contributed by atoms with E-state index in [2.05, 4.69) is 26.0 Å². The lowest BCUT2D eigenvalue weighted by Gasteiger charge is -2.44. The molecule has 1 fully saturated rings. The highest BCUT2D eigenvalue weighted by atomic mass is 16.1. The maximum absolute atomic E-state index is 12.4. The highest BCUT2D eigenvalue weighted by Crippen LogP contribution is 2.49. The number of rotatable bonds is 0. The summed E-state index contributed by atoms with van der Waals surface area (Å²) in [7, 11) is 0. The van der Waals surface area contributed by atoms with E-state index in [1.807, 2.05) is 0 Å². The number of ketones is 1. The van der Waals surface area contributed by atoms with Gasteiger partial charge in [0.25, 0.3) is 0 Å². The molecule has 0 aromatic heterocycles. The van der Waals surface area contributed by atoms with Gasteiger partial charge in [-0.15, -0.1) is 0 Å². The number of Topliss-reactive ketones (excluding diaryl/α,β-unsaturated/α-hetero) is 1. The molecule has 1 unspecified atom stereocenters. The van der Waals surface area contributed by atoms with Crippen LogP contribution in [0.15, 0.2) is 12.2 Å². The average molecular weight is 192 g/mol. The topological polar surface area (TPSA) is 17.1 Å². The molecule has 1 atom stereocenters. The van der Waals surface area contributed by atoms with Crippen molar-refractivity contribution in [2.24, 2.45) is 10.8 Å². The molecule has 1 saturated carbocycles. The first-order valence-electron chi connectivity index (χ1n) is 5.77. The molecule has 0 heterocycles. The van der Waals surface area contributed by atoms with Crippen LogP contribution in [0.3, 0.4) is 0 Å². The largest absolute Gasteiger partial charge is 0.298 e. The number of hydrogen-bond acceptors (Lipinski definition) is 1. The van der Waals surface area contributed by atoms with Crippen molar-refractivity contribution < 1.29 is 4.79 Å². The van der Waals surface area contributed by atoms with Crippen molar-refractivity contribution in [3.8, 4) is 0 Å². The summed E-state index contributed by atoms with van der Waals surface area (Å²) in [5.74, 6) is 0.528. The van der Waals surface area contributed by atoms with Crippen molar-refractivity contribution in [3.63, 3.8) is 0 Å². The molecule has 14 heavy (non-hydrogen) atoms. The van der Waals surface area contributed by atoms with Crippen molar-refractivity contribution >= 4 is 5.78 Å². The molecule has 0 bridgehead atoms. The van der Waals surface area contributed by atoms with Gasteiger partial charge in [0.2, 0.25) is 0 Å². The Hall–Kier alpha value is -0.590. The van der Waals surface area contributed by atoms with Crippen LogP contribution in [0, 0.1) is 10.8 Å². The molecule has 0 N–H and O–H groups in total. The Kier molecular flexibility index (Phi) is 2.29. The summed E-state index contributed by atoms with van der Waals surface area (Å²) in [4.78, 5) is 12.4. The molecule has 1 nitrogen and oxygen atoms in total. The molecule has 0 aromatic carbocycles. The van der Waals surface area contributed by atoms with Crippen LogP contribution in [0.1, 0.15) is 52.4 Å². The van der Waals surface area contributed by atoms with Crippen LogP contribution in [0.4, 0.5) is 0 Å². The molecular weight excluding hydrogens is 172 g/mol. The second-order valence-electron chi connectivity index (χ2n) is 5.56. The quantitative estimate of drug-likeness (QED) is 0.537. The fourth-order valence-electron chi connectivity index (χ4n) is 3.14. The molecule has 0 saturated heterocycles. The third kappa shape index (κ3) is 1.43. The molecule has 1 heteroatoms. The van der Waals surface area contributed by atoms with Crippen LogP contribution in [0.2, 0.25) is 0 Å². The fraction of sp³-hybridized carbons (Fsp3) is 0.769. The monoisotopic (exact) mass is 192 g/mol. The highest BCUT2D eigenvalue weighted by Gasteiger charge is 2.47. The first-order valence-corrected chi connectivity index (χ1v) is 5.77. The van der Waals surface area contributed by atoms with E-state index in [1.165, 1.54) is 6.42 Å². The van der Waals surface area contributed by atoms with E-state index >= 15 is 0 Å². The molecule has 2 rings (SSSR count). The number of carbonyl (C=O) groups is 1. The molecule has 78 valence electrons. The van der Waals surface area contributed by atoms with Crippen LogP contribution in [-0.4, -0.2) is 5.78 Å². The minimum atomic E-state index is -0.0660. The van der Waals surface area contributed by atoms with Gasteiger partial charge in [-0.25, -0.2) is 0 Å². The summed E-state index contributed by atoms with van der Waals surface area (Å²) in [6, 6.07) is 0. The van der Waals surface area contributed by atoms with Crippen LogP contribution in [0.25, 0.3) is 0 Å². The van der Waals surface area contributed by atoms with Gasteiger partial charge in [-0.3, -0.25) is 4.79 Å². The Morgan fingerprint density at radius 1 is 1.14 bits per heavy atom. The number of carbonyl (C=O) groups excluding carboxylic acids is 1. The van der Waals surface area contributed by atoms with Crippen molar-refractivity contribution in [2.75, 3.05) is 0 Å². The van der Waals surface area contributed by atoms with E-state index in [0.29, 0.717) is 5.78 Å². The molecule has 0 aromatic rings. The maximum atomic E-state index is 12.4. The molecule has 0 amide bonds. The van der Waals surface area contributed by atoms with Crippen LogP contribution < -0.4 is 0 Å². The summed E-state index contributed by atoms with van der Waals surface area (Å²) in [6.45, 7) is 4.24. The maximum Gasteiger partial charge on any atom is 0.144 e. The zero-order valence-electron chi connectivity index (χ0n) is 9.31. The molecule has 0 aliphatic heterocycles. The second-order valence-corrected chi connectivity index (χ2v) is 5.56. The SMILES string of the molecule is CC1(C)CCCC2(CC=CCC2)C1=O. The number of hydrogen-bond donors (Lipinski definition) is 0. The predicted molar refractivity (Wildman–Crippen MR) is 58.1 cm³/mol. The van der Waals surface area contributed by atoms with Gasteiger partial charge >= 0.3 is 0 Å². The molecule has 1 spiro atoms. The lowest BCUT2D eigenvalue weighted by atomic mass is 9.58. The van der Waals surface area contributed by atoms with E-state index in [4.69, 9.17) is 0 Å². The summed E-state index contributed by atoms with van der Waals surface area (Å²) in [5.41, 5.74) is -0.0417. The Balaban J connectivity index is 2.26. The Morgan fingerprint density at radius 2 is 1.93 bits per heavy atom. The van der Waals surface area contributed by atoms with Crippen molar-refractivity contribution in [1.82, 2.24) is 0 Å². The highest BCUT2D eigenvalue weighted by molar-refractivity contribution is 5.90. The van der Waals surface area contributed by atoms with Gasteiger partial charge in [-0.1, -0.05) is 32.4 Å². The summed E-state index contributed by atoms with van der Waals surface area (Å²) < 4.78 is 0. The molecular formula is C13H20O. The van der Waals surface area contributed by atoms with E-state index in [9.17, 15) is 4.79 Å². The number of allylic oxidation sites excluding steroid dienone is 2. The van der Waals surface area contributed by atoms with Crippen molar-refractivity contribution in [3.05, 3.63) is 12.2 Å². The summed E-state index contributed by atoms with van der Waals surface area (Å²) in [6.07, 6.45) is 11.1. The third-order valence-electron chi connectivity index (χ3n) is 4.02. The van der Waals surface area contributed by atoms with E-state index in [-0.39, 0.29) is 10.8 Å². The van der Waals surface area contributed by atoms with Gasteiger partial charge in [-0.2, -0.15) is 0 Å². The summed E-state index contributed by atoms with van der Waals surface area (Å²) >= 11 is 0. The van der Waals surface area contributed by atoms with Crippen molar-refractivity contribution in [1.29, 1.82) is 0 Å². The minimum Gasteiger partial charge on any atom is -0.298 e. The first kappa shape index (κ1) is 9.95. The van der Waals surface area contributed by atoms with E-state index < -0.39 is 0 Å². The summed E-state index contributed by atoms with van der Waals surface area (Å²) in [5, 5.41) is 0. The van der Waals surface area contributed by atoms with Crippen molar-refractivity contribution in [2.45, 2.75) is 52.4 Å². The van der Waals surface area contributed by atoms with Crippen LogP contribution >= 0.6 is 0 Å². The Bertz CT molecular complexity index is 275. The van der Waals surface area contributed by atoms with Crippen LogP contribution in [0.5, 0.6) is 0 Å². The van der Waals surface area contributed by atoms with Gasteiger partial charge in [0, 0.05) is 10.8 Å². The van der Waals surface area contributed by atoms with Gasteiger partial charge < -0.3 is 0 Å². The Labute approximate surface area is 86.6 Å². The van der Waals surface area contributed by atoms with Gasteiger partial charge in [-0.05, 0) is 32.1 Å². The Morgan fingerprint density at radius 3 is 2.57 bits per heavy atom. The van der Waals surface area contributed by atoms with Gasteiger partial charge in [0.15, 0.2) is 0 Å². The van der Waals surface area contributed by atoms with Crippen LogP contribution in [-0.2, 0) is 4.79 Å².